The number of carbonyl (C=O) groups is 1. The largest absolute Gasteiger partial charge is 0.497 e. The van der Waals surface area contributed by atoms with Crippen molar-refractivity contribution in [2.75, 3.05) is 43.6 Å². The van der Waals surface area contributed by atoms with Gasteiger partial charge in [0.1, 0.15) is 11.6 Å². The molecule has 4 aromatic rings. The fraction of sp³-hybridized carbons (Fsp3) is 0.192. The number of benzene rings is 2. The highest BCUT2D eigenvalue weighted by molar-refractivity contribution is 6.13. The van der Waals surface area contributed by atoms with E-state index in [1.54, 1.807) is 13.3 Å². The molecule has 0 spiro atoms. The van der Waals surface area contributed by atoms with Gasteiger partial charge in [-0.05, 0) is 36.4 Å². The first-order valence-corrected chi connectivity index (χ1v) is 10.9. The number of aromatic nitrogens is 2. The minimum atomic E-state index is -0.228. The molecule has 0 saturated carbocycles. The van der Waals surface area contributed by atoms with Gasteiger partial charge in [0, 0.05) is 24.0 Å². The Morgan fingerprint density at radius 2 is 1.85 bits per heavy atom. The van der Waals surface area contributed by atoms with Crippen LogP contribution in [0.5, 0.6) is 5.75 Å². The van der Waals surface area contributed by atoms with Crippen molar-refractivity contribution in [1.82, 2.24) is 9.97 Å². The molecule has 0 bridgehead atoms. The van der Waals surface area contributed by atoms with Gasteiger partial charge in [-0.3, -0.25) is 4.79 Å². The highest BCUT2D eigenvalue weighted by Gasteiger charge is 2.16. The van der Waals surface area contributed by atoms with Crippen LogP contribution in [0.25, 0.3) is 22.2 Å². The maximum atomic E-state index is 13.4. The first-order valence-electron chi connectivity index (χ1n) is 10.9. The Balaban J connectivity index is 1.47. The monoisotopic (exact) mass is 440 g/mol. The van der Waals surface area contributed by atoms with Crippen LogP contribution in [0.15, 0.2) is 72.9 Å². The van der Waals surface area contributed by atoms with Crippen LogP contribution in [0.2, 0.25) is 0 Å². The van der Waals surface area contributed by atoms with Gasteiger partial charge >= 0.3 is 0 Å². The van der Waals surface area contributed by atoms with E-state index in [9.17, 15) is 4.79 Å². The number of methoxy groups -OCH3 is 1. The second kappa shape index (κ2) is 9.26. The van der Waals surface area contributed by atoms with Crippen LogP contribution in [0.1, 0.15) is 10.4 Å². The Bertz CT molecular complexity index is 1270. The summed E-state index contributed by atoms with van der Waals surface area (Å²) in [5.74, 6) is 1.32. The van der Waals surface area contributed by atoms with Gasteiger partial charge < -0.3 is 19.7 Å². The number of hydrogen-bond donors (Lipinski definition) is 1. The number of hydrogen-bond acceptors (Lipinski definition) is 6. The lowest BCUT2D eigenvalue weighted by molar-refractivity contribution is 0.102. The van der Waals surface area contributed by atoms with Gasteiger partial charge in [-0.2, -0.15) is 0 Å². The minimum Gasteiger partial charge on any atom is -0.497 e. The molecule has 7 heteroatoms. The van der Waals surface area contributed by atoms with E-state index in [2.05, 4.69) is 15.2 Å². The van der Waals surface area contributed by atoms with E-state index in [-0.39, 0.29) is 5.91 Å². The molecule has 1 N–H and O–H groups in total. The van der Waals surface area contributed by atoms with E-state index in [1.165, 1.54) is 0 Å². The standard InChI is InChI=1S/C26H24N4O3/c1-32-20-8-9-23-21(15-20)22(16-24(29-23)18-5-3-2-4-6-18)26(31)28-19-7-10-25(27-17-19)30-11-13-33-14-12-30/h2-10,15-17H,11-14H2,1H3,(H,28,31). The summed E-state index contributed by atoms with van der Waals surface area (Å²) in [4.78, 5) is 24.8. The number of ether oxygens (including phenoxy) is 2. The molecule has 1 aliphatic rings. The predicted octanol–water partition coefficient (Wildman–Crippen LogP) is 4.39. The highest BCUT2D eigenvalue weighted by Crippen LogP contribution is 2.28. The molecule has 1 saturated heterocycles. The summed E-state index contributed by atoms with van der Waals surface area (Å²) in [5, 5.41) is 3.71. The number of anilines is 2. The predicted molar refractivity (Wildman–Crippen MR) is 129 cm³/mol. The second-order valence-electron chi connectivity index (χ2n) is 7.76. The number of morpholine rings is 1. The van der Waals surface area contributed by atoms with E-state index >= 15 is 0 Å². The molecular formula is C26H24N4O3. The van der Waals surface area contributed by atoms with Crippen molar-refractivity contribution in [2.24, 2.45) is 0 Å². The molecule has 1 amide bonds. The van der Waals surface area contributed by atoms with Gasteiger partial charge in [0.2, 0.25) is 0 Å². The van der Waals surface area contributed by atoms with Crippen molar-refractivity contribution < 1.29 is 14.3 Å². The van der Waals surface area contributed by atoms with Crippen LogP contribution in [0, 0.1) is 0 Å². The first-order chi connectivity index (χ1) is 16.2. The molecule has 2 aromatic heterocycles. The maximum absolute atomic E-state index is 13.4. The quantitative estimate of drug-likeness (QED) is 0.496. The summed E-state index contributed by atoms with van der Waals surface area (Å²) in [6.45, 7) is 3.02. The van der Waals surface area contributed by atoms with Crippen LogP contribution >= 0.6 is 0 Å². The van der Waals surface area contributed by atoms with Crippen LogP contribution in [0.3, 0.4) is 0 Å². The van der Waals surface area contributed by atoms with Crippen LogP contribution < -0.4 is 15.0 Å². The van der Waals surface area contributed by atoms with Crippen molar-refractivity contribution >= 4 is 28.3 Å². The Hall–Kier alpha value is -3.97. The van der Waals surface area contributed by atoms with Gasteiger partial charge in [0.05, 0.1) is 49.0 Å². The topological polar surface area (TPSA) is 76.6 Å². The number of nitrogens with zero attached hydrogens (tertiary/aromatic N) is 3. The molecule has 0 unspecified atom stereocenters. The molecule has 2 aromatic carbocycles. The zero-order valence-corrected chi connectivity index (χ0v) is 18.3. The van der Waals surface area contributed by atoms with E-state index in [4.69, 9.17) is 14.5 Å². The zero-order chi connectivity index (χ0) is 22.6. The maximum Gasteiger partial charge on any atom is 0.256 e. The molecule has 0 radical (unpaired) electrons. The summed E-state index contributed by atoms with van der Waals surface area (Å²) in [6.07, 6.45) is 1.69. The third kappa shape index (κ3) is 4.49. The normalized spacial score (nSPS) is 13.7. The van der Waals surface area contributed by atoms with E-state index in [0.717, 1.165) is 41.1 Å². The Morgan fingerprint density at radius 1 is 1.03 bits per heavy atom. The van der Waals surface area contributed by atoms with Crippen LogP contribution in [0.4, 0.5) is 11.5 Å². The van der Waals surface area contributed by atoms with Crippen LogP contribution in [-0.2, 0) is 4.74 Å². The molecular weight excluding hydrogens is 416 g/mol. The summed E-state index contributed by atoms with van der Waals surface area (Å²) in [5.41, 5.74) is 3.56. The fourth-order valence-electron chi connectivity index (χ4n) is 3.91. The minimum absolute atomic E-state index is 0.228. The summed E-state index contributed by atoms with van der Waals surface area (Å²) < 4.78 is 10.8. The van der Waals surface area contributed by atoms with E-state index in [0.29, 0.717) is 30.2 Å². The number of nitrogens with one attached hydrogen (secondary N) is 1. The fourth-order valence-corrected chi connectivity index (χ4v) is 3.91. The number of rotatable bonds is 5. The molecule has 33 heavy (non-hydrogen) atoms. The SMILES string of the molecule is COc1ccc2nc(-c3ccccc3)cc(C(=O)Nc3ccc(N4CCOCC4)nc3)c2c1. The molecule has 7 nitrogen and oxygen atoms in total. The average Bonchev–Trinajstić information content (AvgIpc) is 2.89. The Kier molecular flexibility index (Phi) is 5.87. The van der Waals surface area contributed by atoms with Crippen molar-refractivity contribution in [3.8, 4) is 17.0 Å². The second-order valence-corrected chi connectivity index (χ2v) is 7.76. The average molecular weight is 441 g/mol. The van der Waals surface area contributed by atoms with E-state index in [1.807, 2.05) is 66.7 Å². The molecule has 0 atom stereocenters. The Labute approximate surface area is 192 Å². The van der Waals surface area contributed by atoms with E-state index < -0.39 is 0 Å². The zero-order valence-electron chi connectivity index (χ0n) is 18.3. The number of amides is 1. The Morgan fingerprint density at radius 3 is 2.58 bits per heavy atom. The summed E-state index contributed by atoms with van der Waals surface area (Å²) >= 11 is 0. The smallest absolute Gasteiger partial charge is 0.256 e. The van der Waals surface area contributed by atoms with Gasteiger partial charge in [-0.25, -0.2) is 9.97 Å². The molecule has 5 rings (SSSR count). The summed E-state index contributed by atoms with van der Waals surface area (Å²) in [7, 11) is 1.61. The van der Waals surface area contributed by atoms with Crippen molar-refractivity contribution in [1.29, 1.82) is 0 Å². The molecule has 3 heterocycles. The van der Waals surface area contributed by atoms with Crippen molar-refractivity contribution in [3.05, 3.63) is 78.5 Å². The third-order valence-corrected chi connectivity index (χ3v) is 5.67. The van der Waals surface area contributed by atoms with Gasteiger partial charge in [0.25, 0.3) is 5.91 Å². The molecule has 1 aliphatic heterocycles. The lowest BCUT2D eigenvalue weighted by Gasteiger charge is -2.27. The first kappa shape index (κ1) is 20.9. The van der Waals surface area contributed by atoms with Crippen LogP contribution in [-0.4, -0.2) is 49.3 Å². The molecule has 1 fully saturated rings. The lowest BCUT2D eigenvalue weighted by Crippen LogP contribution is -2.36. The summed E-state index contributed by atoms with van der Waals surface area (Å²) in [6, 6.07) is 21.0. The van der Waals surface area contributed by atoms with Gasteiger partial charge in [0.15, 0.2) is 0 Å². The molecule has 0 aliphatic carbocycles. The lowest BCUT2D eigenvalue weighted by atomic mass is 10.0. The van der Waals surface area contributed by atoms with Crippen molar-refractivity contribution in [2.45, 2.75) is 0 Å². The highest BCUT2D eigenvalue weighted by atomic mass is 16.5. The number of carbonyl (C=O) groups excluding carboxylic acids is 1. The van der Waals surface area contributed by atoms with Crippen molar-refractivity contribution in [3.63, 3.8) is 0 Å². The third-order valence-electron chi connectivity index (χ3n) is 5.67. The van der Waals surface area contributed by atoms with Gasteiger partial charge in [-0.15, -0.1) is 0 Å². The van der Waals surface area contributed by atoms with Gasteiger partial charge in [-0.1, -0.05) is 30.3 Å². The number of fused-ring (bicyclic) bond motifs is 1. The molecule has 166 valence electrons. The number of pyridine rings is 2.